The number of hydrogen-bond donors (Lipinski definition) is 0. The Labute approximate surface area is 70.0 Å². The van der Waals surface area contributed by atoms with Gasteiger partial charge >= 0.3 is 0 Å². The molecule has 0 atom stereocenters. The summed E-state index contributed by atoms with van der Waals surface area (Å²) < 4.78 is 14.3. The molecule has 0 saturated carbocycles. The van der Waals surface area contributed by atoms with Crippen LogP contribution in [0.2, 0.25) is 5.02 Å². The Kier molecular flexibility index (Phi) is 1.92. The molecule has 1 aromatic heterocycles. The summed E-state index contributed by atoms with van der Waals surface area (Å²) in [6, 6.07) is 0. The second-order valence-corrected chi connectivity index (χ2v) is 3.77. The van der Waals surface area contributed by atoms with E-state index in [2.05, 4.69) is 5.10 Å². The fourth-order valence-corrected chi connectivity index (χ4v) is 0.905. The minimum Gasteiger partial charge on any atom is -0.233 e. The van der Waals surface area contributed by atoms with Crippen LogP contribution < -0.4 is 0 Å². The van der Waals surface area contributed by atoms with Crippen LogP contribution in [0.1, 0.15) is 20.8 Å². The van der Waals surface area contributed by atoms with E-state index in [0.717, 1.165) is 0 Å². The standard InChI is InChI=1S/C7H10ClFN2/c1-7(2,3)11-6(9)5(8)4-10-11/h4H,1-3H3. The van der Waals surface area contributed by atoms with Crippen LogP contribution in [0, 0.1) is 5.95 Å². The van der Waals surface area contributed by atoms with Crippen LogP contribution in [0.15, 0.2) is 6.20 Å². The summed E-state index contributed by atoms with van der Waals surface area (Å²) in [5, 5.41) is 3.87. The first-order valence-corrected chi connectivity index (χ1v) is 3.70. The van der Waals surface area contributed by atoms with Crippen molar-refractivity contribution in [2.45, 2.75) is 26.3 Å². The molecule has 0 aliphatic heterocycles. The predicted octanol–water partition coefficient (Wildman–Crippen LogP) is 2.43. The lowest BCUT2D eigenvalue weighted by atomic mass is 10.1. The largest absolute Gasteiger partial charge is 0.233 e. The van der Waals surface area contributed by atoms with Crippen LogP contribution >= 0.6 is 11.6 Å². The van der Waals surface area contributed by atoms with Gasteiger partial charge in [0, 0.05) is 0 Å². The minimum atomic E-state index is -0.473. The molecule has 0 aromatic carbocycles. The number of rotatable bonds is 0. The molecule has 0 aliphatic carbocycles. The Hall–Kier alpha value is -0.570. The molecule has 1 heterocycles. The molecule has 0 saturated heterocycles. The predicted molar refractivity (Wildman–Crippen MR) is 42.2 cm³/mol. The highest BCUT2D eigenvalue weighted by Crippen LogP contribution is 2.20. The number of hydrogen-bond acceptors (Lipinski definition) is 1. The molecule has 2 nitrogen and oxygen atoms in total. The topological polar surface area (TPSA) is 17.8 Å². The lowest BCUT2D eigenvalue weighted by Gasteiger charge is -2.19. The van der Waals surface area contributed by atoms with E-state index >= 15 is 0 Å². The van der Waals surface area contributed by atoms with Crippen molar-refractivity contribution in [2.24, 2.45) is 0 Å². The molecule has 4 heteroatoms. The van der Waals surface area contributed by atoms with E-state index in [1.807, 2.05) is 20.8 Å². The van der Waals surface area contributed by atoms with Gasteiger partial charge < -0.3 is 0 Å². The normalized spacial score (nSPS) is 12.1. The van der Waals surface area contributed by atoms with Crippen LogP contribution in [-0.4, -0.2) is 9.78 Å². The van der Waals surface area contributed by atoms with E-state index in [0.29, 0.717) is 0 Å². The molecule has 0 amide bonds. The fraction of sp³-hybridized carbons (Fsp3) is 0.571. The highest BCUT2D eigenvalue weighted by molar-refractivity contribution is 6.30. The average molecular weight is 177 g/mol. The van der Waals surface area contributed by atoms with Gasteiger partial charge in [0.05, 0.1) is 11.7 Å². The Morgan fingerprint density at radius 1 is 1.55 bits per heavy atom. The maximum atomic E-state index is 13.0. The molecule has 0 fully saturated rings. The maximum absolute atomic E-state index is 13.0. The zero-order valence-electron chi connectivity index (χ0n) is 6.73. The van der Waals surface area contributed by atoms with E-state index < -0.39 is 5.95 Å². The van der Waals surface area contributed by atoms with E-state index in [1.165, 1.54) is 10.9 Å². The molecule has 62 valence electrons. The van der Waals surface area contributed by atoms with Gasteiger partial charge in [-0.25, -0.2) is 4.68 Å². The summed E-state index contributed by atoms with van der Waals surface area (Å²) in [5.74, 6) is -0.473. The highest BCUT2D eigenvalue weighted by atomic mass is 35.5. The maximum Gasteiger partial charge on any atom is 0.230 e. The van der Waals surface area contributed by atoms with Gasteiger partial charge in [-0.3, -0.25) is 0 Å². The van der Waals surface area contributed by atoms with E-state index in [1.54, 1.807) is 0 Å². The second kappa shape index (κ2) is 2.48. The van der Waals surface area contributed by atoms with Crippen molar-refractivity contribution < 1.29 is 4.39 Å². The molecule has 0 radical (unpaired) electrons. The van der Waals surface area contributed by atoms with E-state index in [9.17, 15) is 4.39 Å². The van der Waals surface area contributed by atoms with Crippen LogP contribution in [0.3, 0.4) is 0 Å². The highest BCUT2D eigenvalue weighted by Gasteiger charge is 2.19. The van der Waals surface area contributed by atoms with Gasteiger partial charge in [-0.1, -0.05) is 11.6 Å². The van der Waals surface area contributed by atoms with E-state index in [-0.39, 0.29) is 10.6 Å². The second-order valence-electron chi connectivity index (χ2n) is 3.37. The minimum absolute atomic E-state index is 0.0694. The first-order chi connectivity index (χ1) is 4.93. The van der Waals surface area contributed by atoms with Crippen LogP contribution in [-0.2, 0) is 5.54 Å². The molecular weight excluding hydrogens is 167 g/mol. The number of aromatic nitrogens is 2. The Morgan fingerprint density at radius 2 is 2.09 bits per heavy atom. The van der Waals surface area contributed by atoms with Crippen LogP contribution in [0.4, 0.5) is 4.39 Å². The third kappa shape index (κ3) is 1.53. The summed E-state index contributed by atoms with van der Waals surface area (Å²) in [7, 11) is 0. The Bertz CT molecular complexity index is 262. The number of halogens is 2. The molecule has 0 aliphatic rings. The van der Waals surface area contributed by atoms with Crippen molar-refractivity contribution in [1.82, 2.24) is 9.78 Å². The van der Waals surface area contributed by atoms with Gasteiger partial charge in [0.1, 0.15) is 5.02 Å². The molecule has 0 unspecified atom stereocenters. The van der Waals surface area contributed by atoms with Gasteiger partial charge in [-0.15, -0.1) is 0 Å². The van der Waals surface area contributed by atoms with Crippen LogP contribution in [0.5, 0.6) is 0 Å². The monoisotopic (exact) mass is 176 g/mol. The molecule has 0 bridgehead atoms. The lowest BCUT2D eigenvalue weighted by molar-refractivity contribution is 0.299. The third-order valence-corrected chi connectivity index (χ3v) is 1.56. The summed E-state index contributed by atoms with van der Waals surface area (Å²) in [4.78, 5) is 0. The quantitative estimate of drug-likeness (QED) is 0.594. The summed E-state index contributed by atoms with van der Waals surface area (Å²) in [5.41, 5.74) is -0.350. The van der Waals surface area contributed by atoms with Crippen molar-refractivity contribution in [1.29, 1.82) is 0 Å². The molecule has 11 heavy (non-hydrogen) atoms. The molecule has 0 spiro atoms. The van der Waals surface area contributed by atoms with Crippen molar-refractivity contribution in [3.05, 3.63) is 17.2 Å². The Balaban J connectivity index is 3.15. The summed E-state index contributed by atoms with van der Waals surface area (Å²) in [6.07, 6.45) is 1.31. The Morgan fingerprint density at radius 3 is 2.27 bits per heavy atom. The van der Waals surface area contributed by atoms with Gasteiger partial charge in [-0.05, 0) is 20.8 Å². The van der Waals surface area contributed by atoms with Crippen molar-refractivity contribution in [3.63, 3.8) is 0 Å². The lowest BCUT2D eigenvalue weighted by Crippen LogP contribution is -2.24. The van der Waals surface area contributed by atoms with Gasteiger partial charge in [0.25, 0.3) is 0 Å². The SMILES string of the molecule is CC(C)(C)n1ncc(Cl)c1F. The van der Waals surface area contributed by atoms with Gasteiger partial charge in [0.2, 0.25) is 5.95 Å². The first-order valence-electron chi connectivity index (χ1n) is 3.32. The van der Waals surface area contributed by atoms with Crippen molar-refractivity contribution in [3.8, 4) is 0 Å². The number of nitrogens with zero attached hydrogens (tertiary/aromatic N) is 2. The van der Waals surface area contributed by atoms with Crippen molar-refractivity contribution >= 4 is 11.6 Å². The summed E-state index contributed by atoms with van der Waals surface area (Å²) in [6.45, 7) is 5.58. The molecule has 1 rings (SSSR count). The third-order valence-electron chi connectivity index (χ3n) is 1.30. The molecular formula is C7H10ClFN2. The molecule has 1 aromatic rings. The fourth-order valence-electron chi connectivity index (χ4n) is 0.781. The zero-order chi connectivity index (χ0) is 8.65. The first kappa shape index (κ1) is 8.53. The van der Waals surface area contributed by atoms with Crippen molar-refractivity contribution in [2.75, 3.05) is 0 Å². The molecule has 0 N–H and O–H groups in total. The van der Waals surface area contributed by atoms with Gasteiger partial charge in [0.15, 0.2) is 0 Å². The van der Waals surface area contributed by atoms with E-state index in [4.69, 9.17) is 11.6 Å². The zero-order valence-corrected chi connectivity index (χ0v) is 7.48. The van der Waals surface area contributed by atoms with Crippen LogP contribution in [0.25, 0.3) is 0 Å². The van der Waals surface area contributed by atoms with Gasteiger partial charge in [-0.2, -0.15) is 9.49 Å². The summed E-state index contributed by atoms with van der Waals surface area (Å²) >= 11 is 5.48. The average Bonchev–Trinajstić information content (AvgIpc) is 2.11. The smallest absolute Gasteiger partial charge is 0.230 e.